The molecule has 0 bridgehead atoms. The molecule has 0 aliphatic carbocycles. The zero-order valence-corrected chi connectivity index (χ0v) is 14.0. The number of hydrogen-bond donors (Lipinski definition) is 1. The smallest absolute Gasteiger partial charge is 0.261 e. The van der Waals surface area contributed by atoms with E-state index in [4.69, 9.17) is 0 Å². The summed E-state index contributed by atoms with van der Waals surface area (Å²) in [5.74, 6) is 0.0194. The van der Waals surface area contributed by atoms with Gasteiger partial charge in [0.25, 0.3) is 11.8 Å². The van der Waals surface area contributed by atoms with E-state index in [0.717, 1.165) is 0 Å². The summed E-state index contributed by atoms with van der Waals surface area (Å²) in [7, 11) is 0. The number of amides is 2. The molecule has 0 aromatic heterocycles. The van der Waals surface area contributed by atoms with E-state index in [0.29, 0.717) is 30.1 Å². The molecule has 0 saturated heterocycles. The SMILES string of the molecule is CC(C)[C@H](NCCN1C(=O)c2ccccc2C1=O)c1ccccc1. The van der Waals surface area contributed by atoms with Crippen LogP contribution in [-0.4, -0.2) is 29.8 Å². The molecule has 0 radical (unpaired) electrons. The van der Waals surface area contributed by atoms with Gasteiger partial charge in [0.05, 0.1) is 11.1 Å². The first-order chi connectivity index (χ1) is 11.6. The van der Waals surface area contributed by atoms with Crippen LogP contribution < -0.4 is 5.32 Å². The molecule has 0 saturated carbocycles. The summed E-state index contributed by atoms with van der Waals surface area (Å²) in [5, 5.41) is 3.48. The van der Waals surface area contributed by atoms with Crippen LogP contribution in [0.25, 0.3) is 0 Å². The topological polar surface area (TPSA) is 49.4 Å². The van der Waals surface area contributed by atoms with Gasteiger partial charge in [-0.2, -0.15) is 0 Å². The van der Waals surface area contributed by atoms with Crippen LogP contribution in [0.3, 0.4) is 0 Å². The van der Waals surface area contributed by atoms with Crippen molar-refractivity contribution < 1.29 is 9.59 Å². The van der Waals surface area contributed by atoms with Crippen molar-refractivity contribution in [3.63, 3.8) is 0 Å². The Labute approximate surface area is 142 Å². The molecule has 1 aliphatic rings. The number of hydrogen-bond acceptors (Lipinski definition) is 3. The largest absolute Gasteiger partial charge is 0.308 e. The molecule has 0 unspecified atom stereocenters. The molecule has 0 spiro atoms. The normalized spacial score (nSPS) is 15.0. The molecule has 1 aliphatic heterocycles. The highest BCUT2D eigenvalue weighted by atomic mass is 16.2. The second-order valence-electron chi connectivity index (χ2n) is 6.39. The van der Waals surface area contributed by atoms with E-state index in [2.05, 4.69) is 31.3 Å². The average molecular weight is 322 g/mol. The number of carbonyl (C=O) groups is 2. The Bertz CT molecular complexity index is 705. The van der Waals surface area contributed by atoms with Gasteiger partial charge in [-0.1, -0.05) is 56.3 Å². The Hall–Kier alpha value is -2.46. The van der Waals surface area contributed by atoms with Crippen molar-refractivity contribution in [2.45, 2.75) is 19.9 Å². The van der Waals surface area contributed by atoms with E-state index >= 15 is 0 Å². The van der Waals surface area contributed by atoms with E-state index < -0.39 is 0 Å². The zero-order chi connectivity index (χ0) is 17.1. The predicted octanol–water partition coefficient (Wildman–Crippen LogP) is 3.27. The number of imide groups is 1. The average Bonchev–Trinajstić information content (AvgIpc) is 2.84. The Morgan fingerprint density at radius 2 is 1.42 bits per heavy atom. The molecule has 1 atom stereocenters. The first-order valence-electron chi connectivity index (χ1n) is 8.33. The van der Waals surface area contributed by atoms with Gasteiger partial charge in [-0.3, -0.25) is 14.5 Å². The van der Waals surface area contributed by atoms with Gasteiger partial charge in [-0.15, -0.1) is 0 Å². The van der Waals surface area contributed by atoms with Gasteiger partial charge in [0.1, 0.15) is 0 Å². The van der Waals surface area contributed by atoms with Crippen molar-refractivity contribution in [2.24, 2.45) is 5.92 Å². The molecule has 1 heterocycles. The van der Waals surface area contributed by atoms with Crippen LogP contribution >= 0.6 is 0 Å². The lowest BCUT2D eigenvalue weighted by atomic mass is 9.96. The fourth-order valence-corrected chi connectivity index (χ4v) is 3.17. The molecule has 1 N–H and O–H groups in total. The highest BCUT2D eigenvalue weighted by molar-refractivity contribution is 6.21. The van der Waals surface area contributed by atoms with Crippen LogP contribution in [0.5, 0.6) is 0 Å². The lowest BCUT2D eigenvalue weighted by Gasteiger charge is -2.24. The highest BCUT2D eigenvalue weighted by Gasteiger charge is 2.34. The molecular weight excluding hydrogens is 300 g/mol. The Morgan fingerprint density at radius 3 is 1.96 bits per heavy atom. The maximum absolute atomic E-state index is 12.4. The Morgan fingerprint density at radius 1 is 0.875 bits per heavy atom. The van der Waals surface area contributed by atoms with Crippen LogP contribution in [0.15, 0.2) is 54.6 Å². The fraction of sp³-hybridized carbons (Fsp3) is 0.300. The van der Waals surface area contributed by atoms with Crippen LogP contribution in [0.4, 0.5) is 0 Å². The second kappa shape index (κ2) is 6.97. The first-order valence-corrected chi connectivity index (χ1v) is 8.33. The van der Waals surface area contributed by atoms with Gasteiger partial charge in [-0.25, -0.2) is 0 Å². The molecule has 3 rings (SSSR count). The van der Waals surface area contributed by atoms with E-state index in [1.807, 2.05) is 18.2 Å². The van der Waals surface area contributed by atoms with Crippen molar-refractivity contribution >= 4 is 11.8 Å². The second-order valence-corrected chi connectivity index (χ2v) is 6.39. The number of fused-ring (bicyclic) bond motifs is 1. The Balaban J connectivity index is 1.64. The summed E-state index contributed by atoms with van der Waals surface area (Å²) in [4.78, 5) is 26.1. The van der Waals surface area contributed by atoms with Crippen molar-refractivity contribution in [2.75, 3.05) is 13.1 Å². The number of rotatable bonds is 6. The molecule has 4 heteroatoms. The van der Waals surface area contributed by atoms with E-state index in [1.54, 1.807) is 24.3 Å². The van der Waals surface area contributed by atoms with Gasteiger partial charge < -0.3 is 5.32 Å². The van der Waals surface area contributed by atoms with Crippen molar-refractivity contribution in [1.82, 2.24) is 10.2 Å². The monoisotopic (exact) mass is 322 g/mol. The van der Waals surface area contributed by atoms with Crippen LogP contribution in [0, 0.1) is 5.92 Å². The summed E-state index contributed by atoms with van der Waals surface area (Å²) in [6.45, 7) is 5.27. The van der Waals surface area contributed by atoms with Gasteiger partial charge in [-0.05, 0) is 23.6 Å². The Kier molecular flexibility index (Phi) is 4.76. The number of nitrogens with one attached hydrogen (secondary N) is 1. The van der Waals surface area contributed by atoms with Gasteiger partial charge in [0, 0.05) is 19.1 Å². The fourth-order valence-electron chi connectivity index (χ4n) is 3.17. The van der Waals surface area contributed by atoms with Crippen LogP contribution in [0.1, 0.15) is 46.2 Å². The summed E-state index contributed by atoms with van der Waals surface area (Å²) in [6, 6.07) is 17.4. The molecule has 2 amide bonds. The van der Waals surface area contributed by atoms with Gasteiger partial charge >= 0.3 is 0 Å². The molecule has 2 aromatic rings. The number of nitrogens with zero attached hydrogens (tertiary/aromatic N) is 1. The van der Waals surface area contributed by atoms with Gasteiger partial charge in [0.2, 0.25) is 0 Å². The summed E-state index contributed by atoms with van der Waals surface area (Å²) < 4.78 is 0. The molecule has 124 valence electrons. The quantitative estimate of drug-likeness (QED) is 0.831. The highest BCUT2D eigenvalue weighted by Crippen LogP contribution is 2.23. The maximum Gasteiger partial charge on any atom is 0.261 e. The minimum Gasteiger partial charge on any atom is -0.308 e. The summed E-state index contributed by atoms with van der Waals surface area (Å²) in [6.07, 6.45) is 0. The van der Waals surface area contributed by atoms with Crippen LogP contribution in [-0.2, 0) is 0 Å². The first kappa shape index (κ1) is 16.4. The minimum atomic E-state index is -0.196. The maximum atomic E-state index is 12.4. The van der Waals surface area contributed by atoms with Gasteiger partial charge in [0.15, 0.2) is 0 Å². The summed E-state index contributed by atoms with van der Waals surface area (Å²) >= 11 is 0. The molecule has 0 fully saturated rings. The predicted molar refractivity (Wildman–Crippen MR) is 93.8 cm³/mol. The zero-order valence-electron chi connectivity index (χ0n) is 14.0. The molecule has 2 aromatic carbocycles. The minimum absolute atomic E-state index is 0.196. The molecular formula is C20H22N2O2. The number of benzene rings is 2. The third-order valence-corrected chi connectivity index (χ3v) is 4.40. The van der Waals surface area contributed by atoms with E-state index in [-0.39, 0.29) is 17.9 Å². The standard InChI is InChI=1S/C20H22N2O2/c1-14(2)18(15-8-4-3-5-9-15)21-12-13-22-19(23)16-10-6-7-11-17(16)20(22)24/h3-11,14,18,21H,12-13H2,1-2H3/t18-/m0/s1. The lowest BCUT2D eigenvalue weighted by molar-refractivity contribution is 0.0654. The summed E-state index contributed by atoms with van der Waals surface area (Å²) in [5.41, 5.74) is 2.23. The third-order valence-electron chi connectivity index (χ3n) is 4.40. The van der Waals surface area contributed by atoms with Crippen molar-refractivity contribution in [3.05, 3.63) is 71.3 Å². The van der Waals surface area contributed by atoms with E-state index in [9.17, 15) is 9.59 Å². The van der Waals surface area contributed by atoms with E-state index in [1.165, 1.54) is 10.5 Å². The van der Waals surface area contributed by atoms with Crippen molar-refractivity contribution in [3.8, 4) is 0 Å². The third kappa shape index (κ3) is 3.10. The van der Waals surface area contributed by atoms with Crippen molar-refractivity contribution in [1.29, 1.82) is 0 Å². The molecule has 4 nitrogen and oxygen atoms in total. The lowest BCUT2D eigenvalue weighted by Crippen LogP contribution is -2.38. The molecule has 24 heavy (non-hydrogen) atoms. The number of carbonyl (C=O) groups excluding carboxylic acids is 2. The van der Waals surface area contributed by atoms with Crippen LogP contribution in [0.2, 0.25) is 0 Å².